The van der Waals surface area contributed by atoms with Gasteiger partial charge in [-0.05, 0) is 42.8 Å². The lowest BCUT2D eigenvalue weighted by Gasteiger charge is -2.11. The Balaban J connectivity index is 2.03. The SMILES string of the molecule is Cc1cc(Nc2c(Cl)ccc3nsnc23)ccc1C(N)=S. The number of nitrogens with zero attached hydrogens (tertiary/aromatic N) is 2. The fourth-order valence-electron chi connectivity index (χ4n) is 2.11. The van der Waals surface area contributed by atoms with E-state index in [-0.39, 0.29) is 0 Å². The zero-order valence-electron chi connectivity index (χ0n) is 11.1. The highest BCUT2D eigenvalue weighted by Gasteiger charge is 2.11. The summed E-state index contributed by atoms with van der Waals surface area (Å²) in [7, 11) is 0. The van der Waals surface area contributed by atoms with Gasteiger partial charge in [0, 0.05) is 11.3 Å². The Kier molecular flexibility index (Phi) is 3.75. The molecule has 0 unspecified atom stereocenters. The number of nitrogens with one attached hydrogen (secondary N) is 1. The Morgan fingerprint density at radius 2 is 2.10 bits per heavy atom. The van der Waals surface area contributed by atoms with Crippen molar-refractivity contribution >= 4 is 62.9 Å². The molecule has 1 aromatic heterocycles. The number of thiocarbonyl (C=S) groups is 1. The molecule has 0 aliphatic carbocycles. The van der Waals surface area contributed by atoms with Crippen LogP contribution in [0.4, 0.5) is 11.4 Å². The Labute approximate surface area is 136 Å². The van der Waals surface area contributed by atoms with Crippen LogP contribution in [0.2, 0.25) is 5.02 Å². The number of hydrogen-bond donors (Lipinski definition) is 2. The smallest absolute Gasteiger partial charge is 0.129 e. The Morgan fingerprint density at radius 3 is 2.81 bits per heavy atom. The average molecular weight is 335 g/mol. The topological polar surface area (TPSA) is 63.8 Å². The van der Waals surface area contributed by atoms with Gasteiger partial charge < -0.3 is 11.1 Å². The van der Waals surface area contributed by atoms with E-state index in [1.165, 1.54) is 0 Å². The molecule has 0 fully saturated rings. The standard InChI is InChI=1S/C14H11ClN4S2/c1-7-6-8(2-3-9(7)14(16)20)17-12-10(15)4-5-11-13(12)19-21-18-11/h2-6,17H,1H3,(H2,16,20). The normalized spacial score (nSPS) is 10.8. The van der Waals surface area contributed by atoms with Gasteiger partial charge in [-0.1, -0.05) is 23.8 Å². The maximum absolute atomic E-state index is 6.27. The minimum Gasteiger partial charge on any atom is -0.389 e. The van der Waals surface area contributed by atoms with Crippen LogP contribution in [0.5, 0.6) is 0 Å². The van der Waals surface area contributed by atoms with E-state index in [1.807, 2.05) is 37.3 Å². The third-order valence-corrected chi connectivity index (χ3v) is 4.22. The minimum absolute atomic E-state index is 0.392. The molecule has 2 aromatic carbocycles. The van der Waals surface area contributed by atoms with Crippen molar-refractivity contribution in [2.24, 2.45) is 5.73 Å². The van der Waals surface area contributed by atoms with E-state index in [0.717, 1.165) is 45.3 Å². The van der Waals surface area contributed by atoms with Crippen LogP contribution in [0.1, 0.15) is 11.1 Å². The summed E-state index contributed by atoms with van der Waals surface area (Å²) in [5, 5.41) is 3.90. The van der Waals surface area contributed by atoms with Gasteiger partial charge in [-0.25, -0.2) is 0 Å². The van der Waals surface area contributed by atoms with Gasteiger partial charge in [0.25, 0.3) is 0 Å². The predicted molar refractivity (Wildman–Crippen MR) is 92.8 cm³/mol. The molecule has 3 aromatic rings. The fraction of sp³-hybridized carbons (Fsp3) is 0.0714. The van der Waals surface area contributed by atoms with Crippen LogP contribution in [0, 0.1) is 6.92 Å². The maximum Gasteiger partial charge on any atom is 0.129 e. The van der Waals surface area contributed by atoms with Crippen LogP contribution in [0.15, 0.2) is 30.3 Å². The van der Waals surface area contributed by atoms with Gasteiger partial charge in [-0.2, -0.15) is 8.75 Å². The van der Waals surface area contributed by atoms with Gasteiger partial charge in [0.1, 0.15) is 16.0 Å². The van der Waals surface area contributed by atoms with Crippen LogP contribution in [0.25, 0.3) is 11.0 Å². The highest BCUT2D eigenvalue weighted by Crippen LogP contribution is 2.32. The van der Waals surface area contributed by atoms with E-state index in [4.69, 9.17) is 29.6 Å². The molecule has 7 heteroatoms. The molecule has 0 saturated carbocycles. The van der Waals surface area contributed by atoms with Crippen molar-refractivity contribution in [3.05, 3.63) is 46.5 Å². The molecule has 0 radical (unpaired) electrons. The summed E-state index contributed by atoms with van der Waals surface area (Å²) in [6.07, 6.45) is 0. The third-order valence-electron chi connectivity index (χ3n) is 3.14. The highest BCUT2D eigenvalue weighted by molar-refractivity contribution is 7.80. The van der Waals surface area contributed by atoms with Crippen molar-refractivity contribution in [3.8, 4) is 0 Å². The molecule has 3 rings (SSSR count). The monoisotopic (exact) mass is 334 g/mol. The molecule has 0 aliphatic rings. The fourth-order valence-corrected chi connectivity index (χ4v) is 3.08. The van der Waals surface area contributed by atoms with Crippen molar-refractivity contribution in [2.75, 3.05) is 5.32 Å². The molecule has 0 amide bonds. The first-order valence-corrected chi connectivity index (χ1v) is 7.66. The lowest BCUT2D eigenvalue weighted by molar-refractivity contribution is 1.42. The number of aromatic nitrogens is 2. The number of benzene rings is 2. The van der Waals surface area contributed by atoms with Crippen molar-refractivity contribution in [2.45, 2.75) is 6.92 Å². The summed E-state index contributed by atoms with van der Waals surface area (Å²) < 4.78 is 8.50. The maximum atomic E-state index is 6.27. The second-order valence-corrected chi connectivity index (χ2v) is 5.95. The summed E-state index contributed by atoms with van der Waals surface area (Å²) >= 11 is 12.4. The van der Waals surface area contributed by atoms with E-state index >= 15 is 0 Å². The summed E-state index contributed by atoms with van der Waals surface area (Å²) in [6.45, 7) is 1.96. The summed E-state index contributed by atoms with van der Waals surface area (Å²) in [6, 6.07) is 9.45. The summed E-state index contributed by atoms with van der Waals surface area (Å²) in [4.78, 5) is 0.392. The van der Waals surface area contributed by atoms with Crippen LogP contribution in [0.3, 0.4) is 0 Å². The van der Waals surface area contributed by atoms with Crippen molar-refractivity contribution < 1.29 is 0 Å². The number of hydrogen-bond acceptors (Lipinski definition) is 5. The minimum atomic E-state index is 0.392. The van der Waals surface area contributed by atoms with Gasteiger partial charge >= 0.3 is 0 Å². The van der Waals surface area contributed by atoms with Crippen molar-refractivity contribution in [1.82, 2.24) is 8.75 Å². The van der Waals surface area contributed by atoms with Crippen LogP contribution >= 0.6 is 35.5 Å². The Bertz CT molecular complexity index is 844. The zero-order chi connectivity index (χ0) is 15.0. The van der Waals surface area contributed by atoms with Crippen LogP contribution in [-0.2, 0) is 0 Å². The van der Waals surface area contributed by atoms with Crippen LogP contribution < -0.4 is 11.1 Å². The number of nitrogens with two attached hydrogens (primary N) is 1. The molecule has 3 N–H and O–H groups in total. The van der Waals surface area contributed by atoms with Crippen molar-refractivity contribution in [1.29, 1.82) is 0 Å². The molecule has 21 heavy (non-hydrogen) atoms. The first-order valence-electron chi connectivity index (χ1n) is 6.14. The van der Waals surface area contributed by atoms with Crippen LogP contribution in [-0.4, -0.2) is 13.7 Å². The Hall–Kier alpha value is -1.76. The number of rotatable bonds is 3. The molecule has 0 atom stereocenters. The average Bonchev–Trinajstić information content (AvgIpc) is 2.90. The van der Waals surface area contributed by atoms with E-state index in [9.17, 15) is 0 Å². The first kappa shape index (κ1) is 14.2. The number of halogens is 1. The second-order valence-electron chi connectivity index (χ2n) is 4.57. The number of fused-ring (bicyclic) bond motifs is 1. The van der Waals surface area contributed by atoms with Crippen molar-refractivity contribution in [3.63, 3.8) is 0 Å². The van der Waals surface area contributed by atoms with Gasteiger partial charge in [0.05, 0.1) is 22.4 Å². The lowest BCUT2D eigenvalue weighted by atomic mass is 10.1. The zero-order valence-corrected chi connectivity index (χ0v) is 13.4. The number of anilines is 2. The molecule has 1 heterocycles. The molecular formula is C14H11ClN4S2. The molecule has 0 spiro atoms. The molecular weight excluding hydrogens is 324 g/mol. The van der Waals surface area contributed by atoms with E-state index in [2.05, 4.69) is 14.1 Å². The van der Waals surface area contributed by atoms with Gasteiger partial charge in [-0.3, -0.25) is 0 Å². The van der Waals surface area contributed by atoms with Gasteiger partial charge in [0.15, 0.2) is 0 Å². The molecule has 0 aliphatic heterocycles. The van der Waals surface area contributed by atoms with Gasteiger partial charge in [-0.15, -0.1) is 0 Å². The third kappa shape index (κ3) is 2.70. The molecule has 4 nitrogen and oxygen atoms in total. The van der Waals surface area contributed by atoms with E-state index < -0.39 is 0 Å². The van der Waals surface area contributed by atoms with Gasteiger partial charge in [0.2, 0.25) is 0 Å². The highest BCUT2D eigenvalue weighted by atomic mass is 35.5. The molecule has 106 valence electrons. The predicted octanol–water partition coefficient (Wildman–Crippen LogP) is 4.03. The quantitative estimate of drug-likeness (QED) is 0.708. The largest absolute Gasteiger partial charge is 0.389 e. The Morgan fingerprint density at radius 1 is 1.29 bits per heavy atom. The first-order chi connectivity index (χ1) is 10.1. The second kappa shape index (κ2) is 5.55. The van der Waals surface area contributed by atoms with E-state index in [1.54, 1.807) is 0 Å². The molecule has 0 saturated heterocycles. The molecule has 0 bridgehead atoms. The van der Waals surface area contributed by atoms with E-state index in [0.29, 0.717) is 10.0 Å². The summed E-state index contributed by atoms with van der Waals surface area (Å²) in [5.41, 5.74) is 10.8. The summed E-state index contributed by atoms with van der Waals surface area (Å²) in [5.74, 6) is 0. The number of aryl methyl sites for hydroxylation is 1. The lowest BCUT2D eigenvalue weighted by Crippen LogP contribution is -2.11.